The third kappa shape index (κ3) is 12.0. The number of rotatable bonds is 14. The smallest absolute Gasteiger partial charge is 0.278 e. The summed E-state index contributed by atoms with van der Waals surface area (Å²) in [6.45, 7) is 2.20. The molecule has 3 N–H and O–H groups in total. The Labute approximate surface area is 129 Å². The third-order valence-electron chi connectivity index (χ3n) is 3.33. The number of hydrogen-bond donors (Lipinski definition) is 2. The average Bonchev–Trinajstić information content (AvgIpc) is 2.38. The van der Waals surface area contributed by atoms with E-state index in [9.17, 15) is 8.42 Å². The van der Waals surface area contributed by atoms with Gasteiger partial charge in [0, 0.05) is 6.54 Å². The highest BCUT2D eigenvalue weighted by molar-refractivity contribution is 8.11. The second-order valence-electron chi connectivity index (χ2n) is 5.23. The van der Waals surface area contributed by atoms with Crippen LogP contribution >= 0.6 is 11.8 Å². The van der Waals surface area contributed by atoms with E-state index in [1.165, 1.54) is 63.1 Å². The van der Waals surface area contributed by atoms with E-state index in [2.05, 4.69) is 6.92 Å². The topological polar surface area (TPSA) is 80.4 Å². The zero-order valence-electron chi connectivity index (χ0n) is 12.7. The minimum atomic E-state index is -3.99. The highest BCUT2D eigenvalue weighted by atomic mass is 32.3. The Morgan fingerprint density at radius 2 is 1.40 bits per heavy atom. The highest BCUT2D eigenvalue weighted by Gasteiger charge is 2.20. The zero-order valence-corrected chi connectivity index (χ0v) is 14.4. The molecule has 0 aromatic carbocycles. The van der Waals surface area contributed by atoms with Gasteiger partial charge in [-0.1, -0.05) is 64.7 Å². The van der Waals surface area contributed by atoms with Crippen molar-refractivity contribution in [3.8, 4) is 0 Å². The van der Waals surface area contributed by atoms with Crippen molar-refractivity contribution in [1.29, 1.82) is 0 Å². The molecule has 0 saturated carbocycles. The van der Waals surface area contributed by atoms with Crippen molar-refractivity contribution in [2.45, 2.75) is 75.7 Å². The lowest BCUT2D eigenvalue weighted by atomic mass is 10.1. The Bertz CT molecular complexity index is 308. The Kier molecular flexibility index (Phi) is 13.1. The van der Waals surface area contributed by atoms with Crippen LogP contribution in [0.25, 0.3) is 0 Å². The van der Waals surface area contributed by atoms with Gasteiger partial charge < -0.3 is 5.73 Å². The van der Waals surface area contributed by atoms with Crippen LogP contribution in [0.3, 0.4) is 0 Å². The van der Waals surface area contributed by atoms with Gasteiger partial charge in [-0.05, 0) is 12.2 Å². The van der Waals surface area contributed by atoms with Crippen LogP contribution in [-0.4, -0.2) is 29.9 Å². The molecule has 0 spiro atoms. The van der Waals surface area contributed by atoms with Crippen molar-refractivity contribution in [2.75, 3.05) is 12.3 Å². The molecule has 0 heterocycles. The minimum absolute atomic E-state index is 0.0265. The van der Waals surface area contributed by atoms with E-state index >= 15 is 0 Å². The summed E-state index contributed by atoms with van der Waals surface area (Å²) >= 11 is 1.24. The van der Waals surface area contributed by atoms with E-state index in [1.807, 2.05) is 0 Å². The molecule has 0 amide bonds. The van der Waals surface area contributed by atoms with Gasteiger partial charge in [-0.25, -0.2) is 0 Å². The number of thioether (sulfide) groups is 1. The first-order valence-corrected chi connectivity index (χ1v) is 10.4. The molecule has 0 saturated heterocycles. The predicted molar refractivity (Wildman–Crippen MR) is 88.7 cm³/mol. The van der Waals surface area contributed by atoms with Gasteiger partial charge >= 0.3 is 0 Å². The van der Waals surface area contributed by atoms with Crippen molar-refractivity contribution in [1.82, 2.24) is 0 Å². The van der Waals surface area contributed by atoms with Crippen molar-refractivity contribution < 1.29 is 13.0 Å². The van der Waals surface area contributed by atoms with Crippen LogP contribution in [0.1, 0.15) is 71.1 Å². The molecule has 0 aliphatic carbocycles. The second-order valence-corrected chi connectivity index (χ2v) is 8.44. The first-order valence-electron chi connectivity index (χ1n) is 7.80. The van der Waals surface area contributed by atoms with E-state index in [4.69, 9.17) is 10.3 Å². The normalized spacial score (nSPS) is 13.6. The molecule has 0 aromatic heterocycles. The highest BCUT2D eigenvalue weighted by Crippen LogP contribution is 2.18. The molecule has 0 aliphatic heterocycles. The van der Waals surface area contributed by atoms with Gasteiger partial charge in [0.25, 0.3) is 10.1 Å². The maximum absolute atomic E-state index is 10.9. The molecule has 20 heavy (non-hydrogen) atoms. The van der Waals surface area contributed by atoms with E-state index in [0.717, 1.165) is 18.6 Å². The molecule has 1 atom stereocenters. The molecule has 0 aromatic rings. The molecule has 0 rings (SSSR count). The first-order chi connectivity index (χ1) is 9.52. The molecular formula is C14H31NO3S2. The van der Waals surface area contributed by atoms with E-state index in [0.29, 0.717) is 0 Å². The summed E-state index contributed by atoms with van der Waals surface area (Å²) in [6, 6.07) is 0. The monoisotopic (exact) mass is 325 g/mol. The molecule has 1 unspecified atom stereocenters. The van der Waals surface area contributed by atoms with Gasteiger partial charge in [0.15, 0.2) is 0 Å². The third-order valence-corrected chi connectivity index (χ3v) is 6.41. The molecule has 0 bridgehead atoms. The Morgan fingerprint density at radius 3 is 1.80 bits per heavy atom. The SMILES string of the molecule is CCCCCCCCCCCCSC(CN)S(=O)(=O)O. The van der Waals surface area contributed by atoms with Crippen LogP contribution in [0.15, 0.2) is 0 Å². The van der Waals surface area contributed by atoms with Crippen LogP contribution in [-0.2, 0) is 10.1 Å². The van der Waals surface area contributed by atoms with Gasteiger partial charge in [0.05, 0.1) is 0 Å². The summed E-state index contributed by atoms with van der Waals surface area (Å²) in [4.78, 5) is 0. The maximum atomic E-state index is 10.9. The van der Waals surface area contributed by atoms with Crippen LogP contribution in [0.2, 0.25) is 0 Å². The minimum Gasteiger partial charge on any atom is -0.328 e. The molecule has 0 radical (unpaired) electrons. The predicted octanol–water partition coefficient (Wildman–Crippen LogP) is 3.81. The lowest BCUT2D eigenvalue weighted by Crippen LogP contribution is -2.26. The van der Waals surface area contributed by atoms with Crippen molar-refractivity contribution >= 4 is 21.9 Å². The quantitative estimate of drug-likeness (QED) is 0.375. The summed E-state index contributed by atoms with van der Waals surface area (Å²) in [6.07, 6.45) is 12.6. The fraction of sp³-hybridized carbons (Fsp3) is 1.00. The van der Waals surface area contributed by atoms with Gasteiger partial charge in [0.2, 0.25) is 0 Å². The van der Waals surface area contributed by atoms with Crippen LogP contribution in [0.4, 0.5) is 0 Å². The molecule has 122 valence electrons. The van der Waals surface area contributed by atoms with E-state index in [1.54, 1.807) is 0 Å². The standard InChI is InChI=1S/C14H31NO3S2/c1-2-3-4-5-6-7-8-9-10-11-12-19-14(13-15)20(16,17)18/h14H,2-13,15H2,1H3,(H,16,17,18). The van der Waals surface area contributed by atoms with Crippen molar-refractivity contribution in [3.05, 3.63) is 0 Å². The van der Waals surface area contributed by atoms with Gasteiger partial charge in [-0.3, -0.25) is 4.55 Å². The largest absolute Gasteiger partial charge is 0.328 e. The van der Waals surface area contributed by atoms with Crippen molar-refractivity contribution in [2.24, 2.45) is 5.73 Å². The molecule has 4 nitrogen and oxygen atoms in total. The van der Waals surface area contributed by atoms with Crippen LogP contribution in [0, 0.1) is 0 Å². The Morgan fingerprint density at radius 1 is 0.950 bits per heavy atom. The van der Waals surface area contributed by atoms with E-state index in [-0.39, 0.29) is 6.54 Å². The molecule has 0 aliphatic rings. The summed E-state index contributed by atoms with van der Waals surface area (Å²) < 4.78 is 29.9. The lowest BCUT2D eigenvalue weighted by Gasteiger charge is -2.10. The fourth-order valence-corrected chi connectivity index (χ4v) is 4.07. The molecular weight excluding hydrogens is 294 g/mol. The fourth-order valence-electron chi connectivity index (χ4n) is 2.08. The summed E-state index contributed by atoms with van der Waals surface area (Å²) in [5.41, 5.74) is 5.33. The van der Waals surface area contributed by atoms with Crippen LogP contribution in [0.5, 0.6) is 0 Å². The Balaban J connectivity index is 3.32. The average molecular weight is 326 g/mol. The summed E-state index contributed by atoms with van der Waals surface area (Å²) in [5, 5.41) is 0. The number of unbranched alkanes of at least 4 members (excludes halogenated alkanes) is 9. The number of hydrogen-bond acceptors (Lipinski definition) is 4. The lowest BCUT2D eigenvalue weighted by molar-refractivity contribution is 0.480. The first kappa shape index (κ1) is 20.2. The molecule has 6 heteroatoms. The van der Waals surface area contributed by atoms with E-state index < -0.39 is 14.7 Å². The van der Waals surface area contributed by atoms with Gasteiger partial charge in [-0.2, -0.15) is 8.42 Å². The Hall–Kier alpha value is 0.220. The zero-order chi connectivity index (χ0) is 15.3. The summed E-state index contributed by atoms with van der Waals surface area (Å²) in [5.74, 6) is 0.748. The summed E-state index contributed by atoms with van der Waals surface area (Å²) in [7, 11) is -3.99. The van der Waals surface area contributed by atoms with Crippen LogP contribution < -0.4 is 5.73 Å². The second kappa shape index (κ2) is 12.9. The van der Waals surface area contributed by atoms with Gasteiger partial charge in [-0.15, -0.1) is 11.8 Å². The maximum Gasteiger partial charge on any atom is 0.278 e. The van der Waals surface area contributed by atoms with Gasteiger partial charge in [0.1, 0.15) is 4.58 Å². The van der Waals surface area contributed by atoms with Crippen molar-refractivity contribution in [3.63, 3.8) is 0 Å². The molecule has 0 fully saturated rings. The number of nitrogens with two attached hydrogens (primary N) is 1.